The van der Waals surface area contributed by atoms with Crippen molar-refractivity contribution in [3.8, 4) is 0 Å². The van der Waals surface area contributed by atoms with Crippen molar-refractivity contribution in [2.45, 2.75) is 33.1 Å². The molecule has 0 spiro atoms. The van der Waals surface area contributed by atoms with E-state index in [4.69, 9.17) is 5.73 Å². The normalized spacial score (nSPS) is 19.9. The molecule has 1 nitrogen and oxygen atoms in total. The van der Waals surface area contributed by atoms with Gasteiger partial charge in [0.25, 0.3) is 0 Å². The fraction of sp³-hybridized carbons (Fsp3) is 0.571. The molecule has 1 aliphatic carbocycles. The van der Waals surface area contributed by atoms with Gasteiger partial charge < -0.3 is 5.73 Å². The Morgan fingerprint density at radius 1 is 1.40 bits per heavy atom. The van der Waals surface area contributed by atoms with Gasteiger partial charge in [0.15, 0.2) is 0 Å². The lowest BCUT2D eigenvalue weighted by atomic mass is 9.79. The maximum atomic E-state index is 5.93. The Morgan fingerprint density at radius 3 is 2.67 bits per heavy atom. The molecule has 1 aromatic rings. The fourth-order valence-electron chi connectivity index (χ4n) is 2.45. The van der Waals surface area contributed by atoms with Crippen LogP contribution in [0.1, 0.15) is 30.9 Å². The first-order chi connectivity index (χ1) is 7.14. The molecule has 0 aliphatic heterocycles. The minimum Gasteiger partial charge on any atom is -0.330 e. The smallest absolute Gasteiger partial charge is 0.00173 e. The minimum absolute atomic E-state index is 0.327. The highest BCUT2D eigenvalue weighted by Crippen LogP contribution is 2.46. The van der Waals surface area contributed by atoms with Crippen LogP contribution in [0.3, 0.4) is 0 Å². The van der Waals surface area contributed by atoms with Crippen LogP contribution in [0.25, 0.3) is 0 Å². The summed E-state index contributed by atoms with van der Waals surface area (Å²) in [6, 6.07) is 8.81. The van der Waals surface area contributed by atoms with E-state index in [1.54, 1.807) is 0 Å². The highest BCUT2D eigenvalue weighted by molar-refractivity contribution is 5.23. The highest BCUT2D eigenvalue weighted by atomic mass is 14.6. The lowest BCUT2D eigenvalue weighted by Gasteiger charge is -2.28. The molecule has 1 heteroatoms. The lowest BCUT2D eigenvalue weighted by molar-refractivity contribution is 0.282. The first-order valence-electron chi connectivity index (χ1n) is 5.90. The molecule has 1 fully saturated rings. The molecule has 2 N–H and O–H groups in total. The van der Waals surface area contributed by atoms with Crippen molar-refractivity contribution >= 4 is 0 Å². The van der Waals surface area contributed by atoms with Crippen LogP contribution in [0.2, 0.25) is 0 Å². The molecule has 1 aromatic carbocycles. The van der Waals surface area contributed by atoms with Crippen LogP contribution in [-0.4, -0.2) is 6.54 Å². The molecule has 15 heavy (non-hydrogen) atoms. The lowest BCUT2D eigenvalue weighted by Crippen LogP contribution is -2.31. The van der Waals surface area contributed by atoms with E-state index in [1.165, 1.54) is 24.0 Å². The number of rotatable bonds is 4. The molecule has 0 amide bonds. The van der Waals surface area contributed by atoms with Gasteiger partial charge in [0.05, 0.1) is 0 Å². The maximum Gasteiger partial charge on any atom is -0.00173 e. The van der Waals surface area contributed by atoms with Crippen molar-refractivity contribution in [2.75, 3.05) is 6.54 Å². The number of benzene rings is 1. The molecule has 1 atom stereocenters. The van der Waals surface area contributed by atoms with Gasteiger partial charge in [-0.25, -0.2) is 0 Å². The first-order valence-corrected chi connectivity index (χ1v) is 5.90. The zero-order chi connectivity index (χ0) is 10.9. The number of nitrogens with two attached hydrogens (primary N) is 1. The zero-order valence-electron chi connectivity index (χ0n) is 9.79. The Morgan fingerprint density at radius 2 is 2.13 bits per heavy atom. The Labute approximate surface area is 92.7 Å². The van der Waals surface area contributed by atoms with Crippen LogP contribution in [0, 0.1) is 18.3 Å². The Balaban J connectivity index is 2.12. The van der Waals surface area contributed by atoms with Crippen molar-refractivity contribution in [3.63, 3.8) is 0 Å². The quantitative estimate of drug-likeness (QED) is 0.800. The summed E-state index contributed by atoms with van der Waals surface area (Å²) in [4.78, 5) is 0. The molecule has 0 heterocycles. The van der Waals surface area contributed by atoms with Gasteiger partial charge in [-0.15, -0.1) is 0 Å². The molecule has 0 radical (unpaired) electrons. The van der Waals surface area contributed by atoms with Crippen molar-refractivity contribution in [3.05, 3.63) is 35.4 Å². The van der Waals surface area contributed by atoms with Crippen LogP contribution in [-0.2, 0) is 6.42 Å². The molecule has 0 saturated heterocycles. The summed E-state index contributed by atoms with van der Waals surface area (Å²) >= 11 is 0. The van der Waals surface area contributed by atoms with Crippen molar-refractivity contribution in [2.24, 2.45) is 17.1 Å². The summed E-state index contributed by atoms with van der Waals surface area (Å²) in [6.07, 6.45) is 3.88. The average molecular weight is 203 g/mol. The van der Waals surface area contributed by atoms with E-state index >= 15 is 0 Å². The topological polar surface area (TPSA) is 26.0 Å². The summed E-state index contributed by atoms with van der Waals surface area (Å²) < 4.78 is 0. The van der Waals surface area contributed by atoms with Crippen molar-refractivity contribution in [1.82, 2.24) is 0 Å². The molecule has 0 aromatic heterocycles. The van der Waals surface area contributed by atoms with Crippen LogP contribution >= 0.6 is 0 Å². The minimum atomic E-state index is 0.327. The molecule has 1 aliphatic rings. The van der Waals surface area contributed by atoms with Crippen LogP contribution in [0.4, 0.5) is 0 Å². The number of aryl methyl sites for hydroxylation is 1. The predicted octanol–water partition coefficient (Wildman–Crippen LogP) is 2.91. The van der Waals surface area contributed by atoms with Crippen molar-refractivity contribution < 1.29 is 0 Å². The first kappa shape index (κ1) is 10.7. The molecule has 1 saturated carbocycles. The summed E-state index contributed by atoms with van der Waals surface area (Å²) in [7, 11) is 0. The van der Waals surface area contributed by atoms with Gasteiger partial charge >= 0.3 is 0 Å². The Kier molecular flexibility index (Phi) is 2.83. The predicted molar refractivity (Wildman–Crippen MR) is 64.8 cm³/mol. The van der Waals surface area contributed by atoms with Gasteiger partial charge in [-0.1, -0.05) is 36.8 Å². The zero-order valence-corrected chi connectivity index (χ0v) is 9.79. The molecular formula is C14H21N. The van der Waals surface area contributed by atoms with E-state index in [1.807, 2.05) is 0 Å². The van der Waals surface area contributed by atoms with E-state index in [2.05, 4.69) is 38.1 Å². The van der Waals surface area contributed by atoms with E-state index in [-0.39, 0.29) is 0 Å². The standard InChI is InChI=1S/C14H21N/c1-11-4-3-5-12(8-11)9-14(2,10-15)13-6-7-13/h3-5,8,13H,6-7,9-10,15H2,1-2H3. The maximum absolute atomic E-state index is 5.93. The second kappa shape index (κ2) is 3.97. The largest absolute Gasteiger partial charge is 0.330 e. The number of hydrogen-bond donors (Lipinski definition) is 1. The number of hydrogen-bond acceptors (Lipinski definition) is 1. The Hall–Kier alpha value is -0.820. The molecule has 1 unspecified atom stereocenters. The second-order valence-electron chi connectivity index (χ2n) is 5.30. The van der Waals surface area contributed by atoms with Gasteiger partial charge in [0, 0.05) is 0 Å². The third kappa shape index (κ3) is 2.40. The second-order valence-corrected chi connectivity index (χ2v) is 5.30. The summed E-state index contributed by atoms with van der Waals surface area (Å²) in [5, 5.41) is 0. The van der Waals surface area contributed by atoms with Crippen LogP contribution in [0.5, 0.6) is 0 Å². The molecule has 2 rings (SSSR count). The SMILES string of the molecule is Cc1cccc(CC(C)(CN)C2CC2)c1. The third-order valence-corrected chi connectivity index (χ3v) is 3.72. The summed E-state index contributed by atoms with van der Waals surface area (Å²) in [5.41, 5.74) is 9.05. The molecular weight excluding hydrogens is 182 g/mol. The summed E-state index contributed by atoms with van der Waals surface area (Å²) in [5.74, 6) is 0.864. The molecule has 0 bridgehead atoms. The van der Waals surface area contributed by atoms with Gasteiger partial charge in [-0.3, -0.25) is 0 Å². The van der Waals surface area contributed by atoms with Crippen LogP contribution in [0.15, 0.2) is 24.3 Å². The summed E-state index contributed by atoms with van der Waals surface area (Å²) in [6.45, 7) is 5.30. The van der Waals surface area contributed by atoms with E-state index in [0.29, 0.717) is 5.41 Å². The van der Waals surface area contributed by atoms with Crippen LogP contribution < -0.4 is 5.73 Å². The van der Waals surface area contributed by atoms with Crippen molar-refractivity contribution in [1.29, 1.82) is 0 Å². The van der Waals surface area contributed by atoms with E-state index in [9.17, 15) is 0 Å². The molecule has 82 valence electrons. The third-order valence-electron chi connectivity index (χ3n) is 3.72. The van der Waals surface area contributed by atoms with Gasteiger partial charge in [-0.2, -0.15) is 0 Å². The van der Waals surface area contributed by atoms with E-state index < -0.39 is 0 Å². The van der Waals surface area contributed by atoms with Gasteiger partial charge in [-0.05, 0) is 49.6 Å². The average Bonchev–Trinajstić information content (AvgIpc) is 3.01. The van der Waals surface area contributed by atoms with Gasteiger partial charge in [0.1, 0.15) is 0 Å². The van der Waals surface area contributed by atoms with E-state index in [0.717, 1.165) is 18.9 Å². The fourth-order valence-corrected chi connectivity index (χ4v) is 2.45. The monoisotopic (exact) mass is 203 g/mol. The highest BCUT2D eigenvalue weighted by Gasteiger charge is 2.40. The Bertz CT molecular complexity index is 341. The van der Waals surface area contributed by atoms with Gasteiger partial charge in [0.2, 0.25) is 0 Å².